The molecule has 0 saturated carbocycles. The molecule has 3 rings (SSSR count). The van der Waals surface area contributed by atoms with Crippen LogP contribution in [0.4, 0.5) is 0 Å². The van der Waals surface area contributed by atoms with Crippen molar-refractivity contribution in [2.24, 2.45) is 0 Å². The predicted molar refractivity (Wildman–Crippen MR) is 113 cm³/mol. The van der Waals surface area contributed by atoms with Crippen LogP contribution < -0.4 is 0 Å². The number of ether oxygens (including phenoxy) is 1. The highest BCUT2D eigenvalue weighted by molar-refractivity contribution is 5.71. The van der Waals surface area contributed by atoms with Crippen LogP contribution in [0.25, 0.3) is 22.5 Å². The van der Waals surface area contributed by atoms with Gasteiger partial charge in [-0.05, 0) is 75.1 Å². The summed E-state index contributed by atoms with van der Waals surface area (Å²) < 4.78 is 7.01. The van der Waals surface area contributed by atoms with Crippen LogP contribution >= 0.6 is 0 Å². The lowest BCUT2D eigenvalue weighted by Gasteiger charge is -2.09. The van der Waals surface area contributed by atoms with Crippen LogP contribution in [0.5, 0.6) is 0 Å². The van der Waals surface area contributed by atoms with Crippen molar-refractivity contribution in [3.63, 3.8) is 0 Å². The standard InChI is InChI=1S/C24H28N2O2/c1-6-28-24(27)11-12-26-23(21-10-8-17(3)19(5)14-21)15-22(25-26)20-9-7-16(2)18(4)13-20/h7-10,13-15H,6,11-12H2,1-5H3. The molecule has 0 spiro atoms. The minimum atomic E-state index is -0.197. The molecule has 146 valence electrons. The average molecular weight is 377 g/mol. The summed E-state index contributed by atoms with van der Waals surface area (Å²) in [6, 6.07) is 14.9. The maximum Gasteiger partial charge on any atom is 0.307 e. The highest BCUT2D eigenvalue weighted by Gasteiger charge is 2.14. The van der Waals surface area contributed by atoms with E-state index in [-0.39, 0.29) is 5.97 Å². The van der Waals surface area contributed by atoms with E-state index in [1.165, 1.54) is 22.3 Å². The van der Waals surface area contributed by atoms with Gasteiger partial charge in [-0.3, -0.25) is 9.48 Å². The second-order valence-electron chi connectivity index (χ2n) is 7.29. The third-order valence-corrected chi connectivity index (χ3v) is 5.22. The molecule has 0 bridgehead atoms. The highest BCUT2D eigenvalue weighted by atomic mass is 16.5. The molecule has 28 heavy (non-hydrogen) atoms. The first-order valence-electron chi connectivity index (χ1n) is 9.77. The number of benzene rings is 2. The molecule has 4 heteroatoms. The quantitative estimate of drug-likeness (QED) is 0.541. The maximum absolute atomic E-state index is 11.9. The normalized spacial score (nSPS) is 10.9. The molecule has 1 aromatic heterocycles. The van der Waals surface area contributed by atoms with Crippen LogP contribution in [-0.2, 0) is 16.1 Å². The average Bonchev–Trinajstić information content (AvgIpc) is 3.09. The van der Waals surface area contributed by atoms with Crippen LogP contribution in [0, 0.1) is 27.7 Å². The van der Waals surface area contributed by atoms with Gasteiger partial charge in [-0.25, -0.2) is 0 Å². The first-order chi connectivity index (χ1) is 13.4. The molecule has 4 nitrogen and oxygen atoms in total. The van der Waals surface area contributed by atoms with E-state index in [1.54, 1.807) is 0 Å². The van der Waals surface area contributed by atoms with Crippen LogP contribution in [0.1, 0.15) is 35.6 Å². The van der Waals surface area contributed by atoms with Gasteiger partial charge in [-0.2, -0.15) is 5.10 Å². The van der Waals surface area contributed by atoms with Crippen molar-refractivity contribution < 1.29 is 9.53 Å². The third kappa shape index (κ3) is 4.33. The largest absolute Gasteiger partial charge is 0.466 e. The van der Waals surface area contributed by atoms with E-state index in [9.17, 15) is 4.79 Å². The van der Waals surface area contributed by atoms with E-state index in [2.05, 4.69) is 70.2 Å². The van der Waals surface area contributed by atoms with Gasteiger partial charge in [-0.15, -0.1) is 0 Å². The summed E-state index contributed by atoms with van der Waals surface area (Å²) in [7, 11) is 0. The van der Waals surface area contributed by atoms with Crippen molar-refractivity contribution in [2.75, 3.05) is 6.61 Å². The number of aryl methyl sites for hydroxylation is 5. The van der Waals surface area contributed by atoms with E-state index >= 15 is 0 Å². The Labute approximate surface area is 167 Å². The van der Waals surface area contributed by atoms with E-state index in [4.69, 9.17) is 9.84 Å². The minimum Gasteiger partial charge on any atom is -0.466 e. The Hall–Kier alpha value is -2.88. The summed E-state index contributed by atoms with van der Waals surface area (Å²) in [4.78, 5) is 11.9. The van der Waals surface area contributed by atoms with Gasteiger partial charge in [-0.1, -0.05) is 24.3 Å². The molecular weight excluding hydrogens is 348 g/mol. The molecule has 0 N–H and O–H groups in total. The summed E-state index contributed by atoms with van der Waals surface area (Å²) in [6.07, 6.45) is 0.305. The number of carbonyl (C=O) groups excluding carboxylic acids is 1. The topological polar surface area (TPSA) is 44.1 Å². The molecule has 1 heterocycles. The molecule has 0 atom stereocenters. The van der Waals surface area contributed by atoms with Gasteiger partial charge in [0.15, 0.2) is 0 Å². The number of aromatic nitrogens is 2. The molecule has 0 fully saturated rings. The highest BCUT2D eigenvalue weighted by Crippen LogP contribution is 2.29. The fourth-order valence-electron chi connectivity index (χ4n) is 3.19. The van der Waals surface area contributed by atoms with Crippen LogP contribution in [0.2, 0.25) is 0 Å². The van der Waals surface area contributed by atoms with Crippen molar-refractivity contribution in [1.82, 2.24) is 9.78 Å². The van der Waals surface area contributed by atoms with E-state index < -0.39 is 0 Å². The lowest BCUT2D eigenvalue weighted by atomic mass is 10.0. The molecule has 0 aliphatic carbocycles. The number of rotatable bonds is 6. The van der Waals surface area contributed by atoms with Gasteiger partial charge in [0, 0.05) is 11.1 Å². The van der Waals surface area contributed by atoms with Gasteiger partial charge in [0.05, 0.1) is 31.0 Å². The van der Waals surface area contributed by atoms with E-state index in [0.717, 1.165) is 22.5 Å². The summed E-state index contributed by atoms with van der Waals surface area (Å²) >= 11 is 0. The molecule has 0 radical (unpaired) electrons. The number of esters is 1. The lowest BCUT2D eigenvalue weighted by molar-refractivity contribution is -0.143. The first kappa shape index (κ1) is 19.9. The van der Waals surface area contributed by atoms with Gasteiger partial charge in [0.1, 0.15) is 0 Å². The summed E-state index contributed by atoms with van der Waals surface area (Å²) in [6.45, 7) is 11.2. The summed E-state index contributed by atoms with van der Waals surface area (Å²) in [5.74, 6) is -0.197. The number of hydrogen-bond acceptors (Lipinski definition) is 3. The van der Waals surface area contributed by atoms with Crippen molar-refractivity contribution in [2.45, 2.75) is 47.6 Å². The first-order valence-corrected chi connectivity index (χ1v) is 9.77. The van der Waals surface area contributed by atoms with Gasteiger partial charge in [0.2, 0.25) is 0 Å². The SMILES string of the molecule is CCOC(=O)CCn1nc(-c2ccc(C)c(C)c2)cc1-c1ccc(C)c(C)c1. The van der Waals surface area contributed by atoms with Crippen molar-refractivity contribution in [1.29, 1.82) is 0 Å². The second kappa shape index (κ2) is 8.42. The second-order valence-corrected chi connectivity index (χ2v) is 7.29. The van der Waals surface area contributed by atoms with Gasteiger partial charge >= 0.3 is 5.97 Å². The Balaban J connectivity index is 2.01. The fourth-order valence-corrected chi connectivity index (χ4v) is 3.19. The van der Waals surface area contributed by atoms with Gasteiger partial charge in [0.25, 0.3) is 0 Å². The Morgan fingerprint density at radius 1 is 0.893 bits per heavy atom. The molecule has 0 saturated heterocycles. The molecular formula is C24H28N2O2. The zero-order chi connectivity index (χ0) is 20.3. The van der Waals surface area contributed by atoms with Crippen LogP contribution in [-0.4, -0.2) is 22.4 Å². The monoisotopic (exact) mass is 376 g/mol. The zero-order valence-corrected chi connectivity index (χ0v) is 17.4. The molecule has 0 aliphatic rings. The fraction of sp³-hybridized carbons (Fsp3) is 0.333. The predicted octanol–water partition coefficient (Wildman–Crippen LogP) is 5.40. The number of carbonyl (C=O) groups is 1. The number of nitrogens with zero attached hydrogens (tertiary/aromatic N) is 2. The van der Waals surface area contributed by atoms with Crippen LogP contribution in [0.3, 0.4) is 0 Å². The van der Waals surface area contributed by atoms with Crippen LogP contribution in [0.15, 0.2) is 42.5 Å². The van der Waals surface area contributed by atoms with Crippen molar-refractivity contribution in [3.05, 3.63) is 64.7 Å². The minimum absolute atomic E-state index is 0.197. The smallest absolute Gasteiger partial charge is 0.307 e. The molecule has 0 aliphatic heterocycles. The molecule has 0 unspecified atom stereocenters. The Kier molecular flexibility index (Phi) is 5.98. The van der Waals surface area contributed by atoms with Crippen molar-refractivity contribution in [3.8, 4) is 22.5 Å². The summed E-state index contributed by atoms with van der Waals surface area (Å²) in [5, 5.41) is 4.82. The third-order valence-electron chi connectivity index (χ3n) is 5.22. The Bertz CT molecular complexity index is 1000. The van der Waals surface area contributed by atoms with Crippen molar-refractivity contribution >= 4 is 5.97 Å². The number of hydrogen-bond donors (Lipinski definition) is 0. The molecule has 3 aromatic rings. The van der Waals surface area contributed by atoms with E-state index in [1.807, 2.05) is 11.6 Å². The summed E-state index contributed by atoms with van der Waals surface area (Å²) in [5.41, 5.74) is 9.13. The van der Waals surface area contributed by atoms with E-state index in [0.29, 0.717) is 19.6 Å². The lowest BCUT2D eigenvalue weighted by Crippen LogP contribution is -2.10. The Morgan fingerprint density at radius 3 is 2.11 bits per heavy atom. The van der Waals surface area contributed by atoms with Gasteiger partial charge < -0.3 is 4.74 Å². The molecule has 2 aromatic carbocycles. The Morgan fingerprint density at radius 2 is 1.50 bits per heavy atom. The maximum atomic E-state index is 11.9. The molecule has 0 amide bonds. The zero-order valence-electron chi connectivity index (χ0n) is 17.4.